The molecule has 0 aromatic heterocycles. The number of rotatable bonds is 4. The van der Waals surface area contributed by atoms with Crippen molar-refractivity contribution in [3.63, 3.8) is 0 Å². The van der Waals surface area contributed by atoms with Crippen LogP contribution >= 0.6 is 0 Å². The summed E-state index contributed by atoms with van der Waals surface area (Å²) in [4.78, 5) is 12.6. The lowest BCUT2D eigenvalue weighted by Crippen LogP contribution is -2.08. The van der Waals surface area contributed by atoms with E-state index < -0.39 is 23.0 Å². The second-order valence-corrected chi connectivity index (χ2v) is 6.30. The average Bonchev–Trinajstić information content (AvgIpc) is 2.56. The molecule has 0 radical (unpaired) electrons. The van der Waals surface area contributed by atoms with Crippen LogP contribution in [-0.2, 0) is 6.42 Å². The van der Waals surface area contributed by atoms with Gasteiger partial charge in [0.2, 0.25) is 0 Å². The molecule has 25 heavy (non-hydrogen) atoms. The number of halogens is 2. The Morgan fingerprint density at radius 1 is 0.800 bits per heavy atom. The summed E-state index contributed by atoms with van der Waals surface area (Å²) >= 11 is 0. The van der Waals surface area contributed by atoms with E-state index in [0.29, 0.717) is 12.0 Å². The number of carbonyl (C=O) groups excluding carboxylic acids is 1. The van der Waals surface area contributed by atoms with Gasteiger partial charge < -0.3 is 0 Å². The van der Waals surface area contributed by atoms with Crippen molar-refractivity contribution in [2.24, 2.45) is 0 Å². The summed E-state index contributed by atoms with van der Waals surface area (Å²) in [6.07, 6.45) is 0.655. The van der Waals surface area contributed by atoms with E-state index in [4.69, 9.17) is 0 Å². The molecule has 126 valence electrons. The third kappa shape index (κ3) is 3.82. The Kier molecular flexibility index (Phi) is 4.75. The molecule has 0 heterocycles. The minimum atomic E-state index is -0.841. The minimum Gasteiger partial charge on any atom is -0.288 e. The number of hydrogen-bond donors (Lipinski definition) is 0. The fourth-order valence-electron chi connectivity index (χ4n) is 2.90. The van der Waals surface area contributed by atoms with Crippen LogP contribution in [0.15, 0.2) is 60.7 Å². The van der Waals surface area contributed by atoms with Gasteiger partial charge in [0.15, 0.2) is 5.78 Å². The first-order chi connectivity index (χ1) is 11.9. The van der Waals surface area contributed by atoms with Gasteiger partial charge in [-0.2, -0.15) is 0 Å². The van der Waals surface area contributed by atoms with Crippen molar-refractivity contribution in [3.8, 4) is 0 Å². The van der Waals surface area contributed by atoms with Crippen LogP contribution in [0, 0.1) is 25.5 Å². The van der Waals surface area contributed by atoms with E-state index in [1.165, 1.54) is 11.6 Å². The van der Waals surface area contributed by atoms with Crippen LogP contribution in [0.5, 0.6) is 0 Å². The number of benzene rings is 3. The quantitative estimate of drug-likeness (QED) is 0.583. The molecule has 0 saturated carbocycles. The van der Waals surface area contributed by atoms with Gasteiger partial charge in [-0.3, -0.25) is 4.79 Å². The smallest absolute Gasteiger partial charge is 0.198 e. The van der Waals surface area contributed by atoms with Crippen LogP contribution in [0.4, 0.5) is 8.78 Å². The standard InChI is InChI=1S/C22H18F2O/c1-14-6-8-16(9-7-14)12-17-10-15(2)11-18(13-17)22(25)21-19(23)4-3-5-20(21)24/h3-11,13H,12H2,1-2H3. The van der Waals surface area contributed by atoms with Gasteiger partial charge in [0.05, 0.1) is 5.56 Å². The highest BCUT2D eigenvalue weighted by Crippen LogP contribution is 2.21. The molecular weight excluding hydrogens is 318 g/mol. The molecule has 0 fully saturated rings. The Bertz CT molecular complexity index is 907. The van der Waals surface area contributed by atoms with E-state index in [9.17, 15) is 13.6 Å². The van der Waals surface area contributed by atoms with Crippen molar-refractivity contribution in [1.82, 2.24) is 0 Å². The molecule has 3 rings (SSSR count). The van der Waals surface area contributed by atoms with E-state index >= 15 is 0 Å². The monoisotopic (exact) mass is 336 g/mol. The predicted octanol–water partition coefficient (Wildman–Crippen LogP) is 5.40. The van der Waals surface area contributed by atoms with Gasteiger partial charge in [0.25, 0.3) is 0 Å². The Morgan fingerprint density at radius 3 is 2.08 bits per heavy atom. The SMILES string of the molecule is Cc1ccc(Cc2cc(C)cc(C(=O)c3c(F)cccc3F)c2)cc1. The predicted molar refractivity (Wildman–Crippen MR) is 95.0 cm³/mol. The minimum absolute atomic E-state index is 0.297. The van der Waals surface area contributed by atoms with Crippen molar-refractivity contribution in [2.75, 3.05) is 0 Å². The van der Waals surface area contributed by atoms with Crippen molar-refractivity contribution in [2.45, 2.75) is 20.3 Å². The summed E-state index contributed by atoms with van der Waals surface area (Å²) < 4.78 is 27.8. The van der Waals surface area contributed by atoms with Gasteiger partial charge in [0.1, 0.15) is 11.6 Å². The molecule has 3 heteroatoms. The number of hydrogen-bond acceptors (Lipinski definition) is 1. The highest BCUT2D eigenvalue weighted by atomic mass is 19.1. The highest BCUT2D eigenvalue weighted by Gasteiger charge is 2.19. The molecule has 0 N–H and O–H groups in total. The molecule has 0 atom stereocenters. The summed E-state index contributed by atoms with van der Waals surface area (Å²) in [7, 11) is 0. The molecule has 0 aliphatic carbocycles. The van der Waals surface area contributed by atoms with E-state index in [1.54, 1.807) is 12.1 Å². The maximum Gasteiger partial charge on any atom is 0.198 e. The molecule has 0 unspecified atom stereocenters. The third-order valence-electron chi connectivity index (χ3n) is 4.12. The number of carbonyl (C=O) groups is 1. The second-order valence-electron chi connectivity index (χ2n) is 6.30. The molecule has 0 aliphatic rings. The molecule has 0 aliphatic heterocycles. The highest BCUT2D eigenvalue weighted by molar-refractivity contribution is 6.09. The lowest BCUT2D eigenvalue weighted by atomic mass is 9.95. The average molecular weight is 336 g/mol. The maximum absolute atomic E-state index is 13.9. The largest absolute Gasteiger partial charge is 0.288 e. The van der Waals surface area contributed by atoms with Crippen LogP contribution in [-0.4, -0.2) is 5.78 Å². The topological polar surface area (TPSA) is 17.1 Å². The Hall–Kier alpha value is -2.81. The van der Waals surface area contributed by atoms with Crippen molar-refractivity contribution < 1.29 is 13.6 Å². The van der Waals surface area contributed by atoms with Gasteiger partial charge in [0, 0.05) is 5.56 Å². The zero-order valence-corrected chi connectivity index (χ0v) is 14.1. The Morgan fingerprint density at radius 2 is 1.44 bits per heavy atom. The molecule has 0 amide bonds. The van der Waals surface area contributed by atoms with Gasteiger partial charge in [-0.25, -0.2) is 8.78 Å². The summed E-state index contributed by atoms with van der Waals surface area (Å²) in [5, 5.41) is 0. The Labute approximate surface area is 145 Å². The normalized spacial score (nSPS) is 10.7. The summed E-state index contributed by atoms with van der Waals surface area (Å²) in [5.74, 6) is -2.32. The van der Waals surface area contributed by atoms with E-state index in [2.05, 4.69) is 0 Å². The van der Waals surface area contributed by atoms with E-state index in [1.807, 2.05) is 44.2 Å². The van der Waals surface area contributed by atoms with Crippen LogP contribution in [0.1, 0.15) is 38.2 Å². The van der Waals surface area contributed by atoms with Gasteiger partial charge in [-0.15, -0.1) is 0 Å². The Balaban J connectivity index is 1.96. The van der Waals surface area contributed by atoms with Crippen LogP contribution < -0.4 is 0 Å². The van der Waals surface area contributed by atoms with Crippen molar-refractivity contribution >= 4 is 5.78 Å². The number of ketones is 1. The maximum atomic E-state index is 13.9. The van der Waals surface area contributed by atoms with Crippen molar-refractivity contribution in [3.05, 3.63) is 106 Å². The summed E-state index contributed by atoms with van der Waals surface area (Å²) in [6, 6.07) is 16.9. The molecular formula is C22H18F2O. The lowest BCUT2D eigenvalue weighted by Gasteiger charge is -2.09. The van der Waals surface area contributed by atoms with E-state index in [0.717, 1.165) is 28.8 Å². The summed E-state index contributed by atoms with van der Waals surface area (Å²) in [5.41, 5.74) is 3.90. The second kappa shape index (κ2) is 6.98. The molecule has 0 saturated heterocycles. The zero-order valence-electron chi connectivity index (χ0n) is 14.1. The first-order valence-electron chi connectivity index (χ1n) is 8.09. The fraction of sp³-hybridized carbons (Fsp3) is 0.136. The molecule has 3 aromatic rings. The van der Waals surface area contributed by atoms with Crippen LogP contribution in [0.3, 0.4) is 0 Å². The molecule has 1 nitrogen and oxygen atoms in total. The van der Waals surface area contributed by atoms with Crippen LogP contribution in [0.25, 0.3) is 0 Å². The third-order valence-corrected chi connectivity index (χ3v) is 4.12. The van der Waals surface area contributed by atoms with Crippen molar-refractivity contribution in [1.29, 1.82) is 0 Å². The molecule has 0 spiro atoms. The first-order valence-corrected chi connectivity index (χ1v) is 8.09. The zero-order chi connectivity index (χ0) is 18.0. The summed E-state index contributed by atoms with van der Waals surface area (Å²) in [6.45, 7) is 3.89. The fourth-order valence-corrected chi connectivity index (χ4v) is 2.90. The van der Waals surface area contributed by atoms with Crippen LogP contribution in [0.2, 0.25) is 0 Å². The molecule has 0 bridgehead atoms. The first kappa shape index (κ1) is 17.0. The van der Waals surface area contributed by atoms with Gasteiger partial charge in [-0.05, 0) is 55.7 Å². The molecule has 3 aromatic carbocycles. The lowest BCUT2D eigenvalue weighted by molar-refractivity contribution is 0.103. The van der Waals surface area contributed by atoms with Gasteiger partial charge >= 0.3 is 0 Å². The van der Waals surface area contributed by atoms with Gasteiger partial charge in [-0.1, -0.05) is 47.5 Å². The van der Waals surface area contributed by atoms with E-state index in [-0.39, 0.29) is 0 Å². The number of aryl methyl sites for hydroxylation is 2.